The number of hydrogen-bond acceptors (Lipinski definition) is 6. The third-order valence-electron chi connectivity index (χ3n) is 7.10. The first-order valence-electron chi connectivity index (χ1n) is 12.6. The van der Waals surface area contributed by atoms with Crippen molar-refractivity contribution < 1.29 is 19.7 Å². The quantitative estimate of drug-likeness (QED) is 0.394. The predicted octanol–water partition coefficient (Wildman–Crippen LogP) is 4.98. The molecule has 0 fully saturated rings. The van der Waals surface area contributed by atoms with Gasteiger partial charge in [0, 0.05) is 35.6 Å². The van der Waals surface area contributed by atoms with E-state index in [-0.39, 0.29) is 13.2 Å². The van der Waals surface area contributed by atoms with E-state index in [9.17, 15) is 10.2 Å². The highest BCUT2D eigenvalue weighted by molar-refractivity contribution is 5.53. The van der Waals surface area contributed by atoms with Crippen molar-refractivity contribution in [2.75, 3.05) is 23.3 Å². The van der Waals surface area contributed by atoms with Crippen LogP contribution in [0.25, 0.3) is 0 Å². The lowest BCUT2D eigenvalue weighted by Crippen LogP contribution is -2.31. The third-order valence-corrected chi connectivity index (χ3v) is 7.10. The van der Waals surface area contributed by atoms with Gasteiger partial charge in [-0.05, 0) is 77.2 Å². The van der Waals surface area contributed by atoms with Crippen molar-refractivity contribution in [3.8, 4) is 11.5 Å². The van der Waals surface area contributed by atoms with Gasteiger partial charge in [-0.15, -0.1) is 0 Å². The second-order valence-electron chi connectivity index (χ2n) is 9.65. The topological polar surface area (TPSA) is 65.4 Å². The van der Waals surface area contributed by atoms with Crippen LogP contribution in [0.2, 0.25) is 0 Å². The molecular weight excluding hydrogens is 464 g/mol. The summed E-state index contributed by atoms with van der Waals surface area (Å²) in [5, 5.41) is 18.9. The summed E-state index contributed by atoms with van der Waals surface area (Å²) in [6.45, 7) is 2.62. The predicted molar refractivity (Wildman–Crippen MR) is 144 cm³/mol. The summed E-state index contributed by atoms with van der Waals surface area (Å²) in [4.78, 5) is 4.40. The molecule has 2 heterocycles. The lowest BCUT2D eigenvalue weighted by molar-refractivity contribution is 0.277. The number of aliphatic hydroxyl groups excluding tert-OH is 2. The number of fused-ring (bicyclic) bond motifs is 2. The summed E-state index contributed by atoms with van der Waals surface area (Å²) in [6.07, 6.45) is 0.860. The van der Waals surface area contributed by atoms with Gasteiger partial charge in [0.1, 0.15) is 11.5 Å². The van der Waals surface area contributed by atoms with Gasteiger partial charge in [-0.3, -0.25) is 0 Å². The van der Waals surface area contributed by atoms with Crippen molar-refractivity contribution >= 4 is 11.4 Å². The molecule has 4 aromatic rings. The number of anilines is 2. The summed E-state index contributed by atoms with van der Waals surface area (Å²) in [7, 11) is 0. The molecule has 2 N–H and O–H groups in total. The highest BCUT2D eigenvalue weighted by atomic mass is 16.5. The van der Waals surface area contributed by atoms with E-state index in [2.05, 4.69) is 58.3 Å². The fourth-order valence-corrected chi connectivity index (χ4v) is 5.01. The molecular formula is C31H30N2O4. The minimum atomic E-state index is 0.0359. The Balaban J connectivity index is 1.09. The van der Waals surface area contributed by atoms with Crippen LogP contribution in [0, 0.1) is 0 Å². The van der Waals surface area contributed by atoms with Crippen LogP contribution in [0.15, 0.2) is 84.9 Å². The normalized spacial score (nSPS) is 14.4. The van der Waals surface area contributed by atoms with Crippen LogP contribution >= 0.6 is 0 Å². The van der Waals surface area contributed by atoms with E-state index >= 15 is 0 Å². The maximum atomic E-state index is 9.44. The zero-order valence-corrected chi connectivity index (χ0v) is 20.6. The number of rotatable bonds is 6. The average molecular weight is 495 g/mol. The zero-order valence-electron chi connectivity index (χ0n) is 20.6. The Labute approximate surface area is 216 Å². The molecule has 0 atom stereocenters. The molecule has 0 unspecified atom stereocenters. The van der Waals surface area contributed by atoms with Gasteiger partial charge in [-0.2, -0.15) is 0 Å². The number of ether oxygens (including phenoxy) is 2. The van der Waals surface area contributed by atoms with E-state index in [1.165, 1.54) is 11.1 Å². The molecule has 2 aliphatic heterocycles. The molecule has 6 nitrogen and oxygen atoms in total. The number of nitrogens with zero attached hydrogens (tertiary/aromatic N) is 2. The Morgan fingerprint density at radius 2 is 0.946 bits per heavy atom. The fourth-order valence-electron chi connectivity index (χ4n) is 5.01. The van der Waals surface area contributed by atoms with E-state index in [4.69, 9.17) is 9.47 Å². The Bertz CT molecular complexity index is 1280. The molecule has 6 heteroatoms. The number of hydrogen-bond donors (Lipinski definition) is 2. The van der Waals surface area contributed by atoms with Crippen LogP contribution in [0.4, 0.5) is 11.4 Å². The van der Waals surface area contributed by atoms with Crippen LogP contribution in [0.1, 0.15) is 33.4 Å². The molecule has 0 aromatic heterocycles. The lowest BCUT2D eigenvalue weighted by atomic mass is 10.0. The van der Waals surface area contributed by atoms with Crippen molar-refractivity contribution in [2.24, 2.45) is 0 Å². The van der Waals surface area contributed by atoms with Crippen molar-refractivity contribution in [3.05, 3.63) is 118 Å². The molecule has 0 saturated carbocycles. The van der Waals surface area contributed by atoms with Crippen molar-refractivity contribution in [2.45, 2.75) is 32.7 Å². The Morgan fingerprint density at radius 1 is 0.541 bits per heavy atom. The SMILES string of the molecule is OCc1ccc2c(c1)CN(c1ccc(Cc3ccc(N4COc5ccc(CO)cc5C4)cc3)cc1)CO2. The third kappa shape index (κ3) is 4.99. The number of benzene rings is 4. The molecule has 0 radical (unpaired) electrons. The fraction of sp³-hybridized carbons (Fsp3) is 0.226. The Hall–Kier alpha value is -4.00. The maximum Gasteiger partial charge on any atom is 0.161 e. The molecule has 188 valence electrons. The van der Waals surface area contributed by atoms with Gasteiger partial charge in [0.2, 0.25) is 0 Å². The van der Waals surface area contributed by atoms with Gasteiger partial charge < -0.3 is 29.5 Å². The summed E-state index contributed by atoms with van der Waals surface area (Å²) in [5.41, 5.74) is 8.74. The van der Waals surface area contributed by atoms with Gasteiger partial charge >= 0.3 is 0 Å². The molecule has 6 rings (SSSR count). The summed E-state index contributed by atoms with van der Waals surface area (Å²) < 4.78 is 11.9. The van der Waals surface area contributed by atoms with Gasteiger partial charge in [-0.1, -0.05) is 36.4 Å². The lowest BCUT2D eigenvalue weighted by Gasteiger charge is -2.31. The van der Waals surface area contributed by atoms with Crippen LogP contribution in [0.3, 0.4) is 0 Å². The first-order valence-corrected chi connectivity index (χ1v) is 12.6. The molecule has 2 aliphatic rings. The van der Waals surface area contributed by atoms with E-state index in [0.717, 1.165) is 64.6 Å². The molecule has 0 bridgehead atoms. The minimum absolute atomic E-state index is 0.0359. The smallest absolute Gasteiger partial charge is 0.161 e. The number of aliphatic hydroxyl groups is 2. The van der Waals surface area contributed by atoms with Crippen molar-refractivity contribution in [1.82, 2.24) is 0 Å². The van der Waals surface area contributed by atoms with E-state index in [1.54, 1.807) is 0 Å². The van der Waals surface area contributed by atoms with Crippen LogP contribution < -0.4 is 19.3 Å². The second-order valence-corrected chi connectivity index (χ2v) is 9.65. The molecule has 0 spiro atoms. The molecule has 0 amide bonds. The van der Waals surface area contributed by atoms with E-state index in [1.807, 2.05) is 36.4 Å². The van der Waals surface area contributed by atoms with Gasteiger partial charge in [0.25, 0.3) is 0 Å². The summed E-state index contributed by atoms with van der Waals surface area (Å²) >= 11 is 0. The summed E-state index contributed by atoms with van der Waals surface area (Å²) in [6, 6.07) is 29.0. The monoisotopic (exact) mass is 494 g/mol. The minimum Gasteiger partial charge on any atom is -0.473 e. The first kappa shape index (κ1) is 23.4. The standard InChI is InChI=1S/C31H30N2O4/c34-18-24-5-11-30-26(14-24)16-32(20-36-30)28-7-1-22(2-8-28)13-23-3-9-29(10-4-23)33-17-27-15-25(19-35)6-12-31(27)37-21-33/h1-12,14-15,34-35H,13,16-21H2. The zero-order chi connectivity index (χ0) is 25.2. The largest absolute Gasteiger partial charge is 0.473 e. The van der Waals surface area contributed by atoms with Crippen LogP contribution in [0.5, 0.6) is 11.5 Å². The second kappa shape index (κ2) is 10.2. The first-order chi connectivity index (χ1) is 18.2. The van der Waals surface area contributed by atoms with E-state index < -0.39 is 0 Å². The molecule has 4 aromatic carbocycles. The molecule has 37 heavy (non-hydrogen) atoms. The highest BCUT2D eigenvalue weighted by Crippen LogP contribution is 2.31. The molecule has 0 saturated heterocycles. The average Bonchev–Trinajstić information content (AvgIpc) is 2.96. The highest BCUT2D eigenvalue weighted by Gasteiger charge is 2.19. The van der Waals surface area contributed by atoms with Crippen molar-refractivity contribution in [3.63, 3.8) is 0 Å². The van der Waals surface area contributed by atoms with Gasteiger partial charge in [0.15, 0.2) is 13.5 Å². The Morgan fingerprint density at radius 3 is 1.35 bits per heavy atom. The maximum absolute atomic E-state index is 9.44. The van der Waals surface area contributed by atoms with Gasteiger partial charge in [0.05, 0.1) is 13.2 Å². The van der Waals surface area contributed by atoms with Gasteiger partial charge in [-0.25, -0.2) is 0 Å². The van der Waals surface area contributed by atoms with Crippen LogP contribution in [-0.4, -0.2) is 23.7 Å². The van der Waals surface area contributed by atoms with Crippen LogP contribution in [-0.2, 0) is 32.7 Å². The Kier molecular flexibility index (Phi) is 6.43. The summed E-state index contributed by atoms with van der Waals surface area (Å²) in [5.74, 6) is 1.78. The van der Waals surface area contributed by atoms with E-state index in [0.29, 0.717) is 13.5 Å². The van der Waals surface area contributed by atoms with Crippen molar-refractivity contribution in [1.29, 1.82) is 0 Å². The molecule has 0 aliphatic carbocycles.